The highest BCUT2D eigenvalue weighted by Gasteiger charge is 2.24. The minimum Gasteiger partial charge on any atom is -0.349 e. The molecule has 4 aromatic rings. The molecule has 1 aliphatic rings. The number of hydrogen-bond donors (Lipinski definition) is 2. The Hall–Kier alpha value is -3.71. The lowest BCUT2D eigenvalue weighted by atomic mass is 10.1. The molecule has 2 aromatic carbocycles. The Kier molecular flexibility index (Phi) is 5.56. The van der Waals surface area contributed by atoms with Crippen molar-refractivity contribution in [2.75, 3.05) is 5.32 Å². The zero-order chi connectivity index (χ0) is 21.9. The number of carbonyl (C=O) groups excluding carboxylic acids is 2. The average molecular weight is 443 g/mol. The Balaban J connectivity index is 1.39. The van der Waals surface area contributed by atoms with Gasteiger partial charge in [-0.1, -0.05) is 42.5 Å². The van der Waals surface area contributed by atoms with Crippen LogP contribution in [0.25, 0.3) is 10.6 Å². The van der Waals surface area contributed by atoms with E-state index in [2.05, 4.69) is 10.6 Å². The third kappa shape index (κ3) is 4.63. The predicted octanol–water partition coefficient (Wildman–Crippen LogP) is 4.80. The van der Waals surface area contributed by atoms with Crippen molar-refractivity contribution >= 4 is 28.8 Å². The van der Waals surface area contributed by atoms with Crippen molar-refractivity contribution < 1.29 is 9.59 Å². The van der Waals surface area contributed by atoms with Crippen molar-refractivity contribution in [1.29, 1.82) is 0 Å². The number of aromatic nitrogens is 2. The Morgan fingerprint density at radius 1 is 1.00 bits per heavy atom. The van der Waals surface area contributed by atoms with Gasteiger partial charge in [-0.2, -0.15) is 5.10 Å². The molecule has 0 unspecified atom stereocenters. The van der Waals surface area contributed by atoms with E-state index in [-0.39, 0.29) is 17.9 Å². The van der Waals surface area contributed by atoms with Gasteiger partial charge in [0.25, 0.3) is 11.8 Å². The van der Waals surface area contributed by atoms with Gasteiger partial charge in [0.2, 0.25) is 0 Å². The molecule has 1 aliphatic carbocycles. The molecule has 2 aromatic heterocycles. The molecule has 5 rings (SSSR count). The highest BCUT2D eigenvalue weighted by Crippen LogP contribution is 2.28. The quantitative estimate of drug-likeness (QED) is 0.431. The van der Waals surface area contributed by atoms with Gasteiger partial charge >= 0.3 is 0 Å². The summed E-state index contributed by atoms with van der Waals surface area (Å²) in [7, 11) is 0. The first kappa shape index (κ1) is 20.2. The zero-order valence-electron chi connectivity index (χ0n) is 17.3. The predicted molar refractivity (Wildman–Crippen MR) is 126 cm³/mol. The zero-order valence-corrected chi connectivity index (χ0v) is 18.1. The third-order valence-electron chi connectivity index (χ3n) is 5.24. The maximum atomic E-state index is 13.2. The van der Waals surface area contributed by atoms with Crippen molar-refractivity contribution in [1.82, 2.24) is 15.1 Å². The first-order chi connectivity index (χ1) is 15.7. The number of nitrogens with zero attached hydrogens (tertiary/aromatic N) is 2. The summed E-state index contributed by atoms with van der Waals surface area (Å²) < 4.78 is 1.79. The number of rotatable bonds is 7. The monoisotopic (exact) mass is 442 g/mol. The number of benzene rings is 2. The van der Waals surface area contributed by atoms with Gasteiger partial charge in [0.15, 0.2) is 0 Å². The molecule has 1 saturated carbocycles. The lowest BCUT2D eigenvalue weighted by Crippen LogP contribution is -2.25. The largest absolute Gasteiger partial charge is 0.349 e. The second-order valence-electron chi connectivity index (χ2n) is 7.83. The van der Waals surface area contributed by atoms with Gasteiger partial charge in [0.05, 0.1) is 17.0 Å². The molecule has 1 fully saturated rings. The number of amides is 2. The number of anilines is 1. The standard InChI is InChI=1S/C25H22N4O2S/c30-24(26-19-11-12-19)18-8-4-9-20(14-18)27-25(31)21-16-29(15-17-6-2-1-3-7-17)28-23(21)22-10-5-13-32-22/h1-10,13-14,16,19H,11-12,15H2,(H,26,30)(H,27,31). The SMILES string of the molecule is O=C(NC1CC1)c1cccc(NC(=O)c2cn(Cc3ccccc3)nc2-c2cccs2)c1. The van der Waals surface area contributed by atoms with Crippen LogP contribution in [-0.2, 0) is 6.54 Å². The average Bonchev–Trinajstić information content (AvgIpc) is 3.27. The summed E-state index contributed by atoms with van der Waals surface area (Å²) in [5.41, 5.74) is 3.36. The highest BCUT2D eigenvalue weighted by molar-refractivity contribution is 7.13. The van der Waals surface area contributed by atoms with E-state index in [1.807, 2.05) is 47.8 Å². The fourth-order valence-corrected chi connectivity index (χ4v) is 4.19. The van der Waals surface area contributed by atoms with Crippen LogP contribution in [0, 0.1) is 0 Å². The summed E-state index contributed by atoms with van der Waals surface area (Å²) >= 11 is 1.54. The van der Waals surface area contributed by atoms with Crippen LogP contribution < -0.4 is 10.6 Å². The third-order valence-corrected chi connectivity index (χ3v) is 6.12. The van der Waals surface area contributed by atoms with Gasteiger partial charge in [-0.05, 0) is 48.1 Å². The molecule has 160 valence electrons. The molecule has 2 heterocycles. The molecule has 0 aliphatic heterocycles. The topological polar surface area (TPSA) is 76.0 Å². The van der Waals surface area contributed by atoms with Crippen molar-refractivity contribution in [2.45, 2.75) is 25.4 Å². The number of thiophene rings is 1. The molecule has 0 saturated heterocycles. The van der Waals surface area contributed by atoms with Gasteiger partial charge in [-0.25, -0.2) is 0 Å². The van der Waals surface area contributed by atoms with E-state index in [0.29, 0.717) is 29.1 Å². The van der Waals surface area contributed by atoms with Crippen LogP contribution in [0.2, 0.25) is 0 Å². The number of nitrogens with one attached hydrogen (secondary N) is 2. The van der Waals surface area contributed by atoms with Crippen molar-refractivity contribution in [3.8, 4) is 10.6 Å². The molecule has 0 radical (unpaired) electrons. The van der Waals surface area contributed by atoms with Crippen LogP contribution in [0.15, 0.2) is 78.3 Å². The molecule has 0 spiro atoms. The number of hydrogen-bond acceptors (Lipinski definition) is 4. The molecule has 7 heteroatoms. The second kappa shape index (κ2) is 8.80. The van der Waals surface area contributed by atoms with Gasteiger partial charge in [-0.15, -0.1) is 11.3 Å². The van der Waals surface area contributed by atoms with E-state index in [4.69, 9.17) is 5.10 Å². The van der Waals surface area contributed by atoms with E-state index >= 15 is 0 Å². The van der Waals surface area contributed by atoms with Gasteiger partial charge < -0.3 is 10.6 Å². The minimum absolute atomic E-state index is 0.112. The normalized spacial score (nSPS) is 13.0. The fraction of sp³-hybridized carbons (Fsp3) is 0.160. The van der Waals surface area contributed by atoms with Crippen molar-refractivity contribution in [3.05, 3.63) is 95.0 Å². The maximum Gasteiger partial charge on any atom is 0.259 e. The molecule has 0 bridgehead atoms. The lowest BCUT2D eigenvalue weighted by Gasteiger charge is -2.08. The Bertz CT molecular complexity index is 1240. The molecule has 2 amide bonds. The summed E-state index contributed by atoms with van der Waals surface area (Å²) in [6, 6.07) is 21.2. The molecule has 0 atom stereocenters. The summed E-state index contributed by atoms with van der Waals surface area (Å²) in [4.78, 5) is 26.5. The van der Waals surface area contributed by atoms with E-state index < -0.39 is 0 Å². The maximum absolute atomic E-state index is 13.2. The molecule has 32 heavy (non-hydrogen) atoms. The van der Waals surface area contributed by atoms with Gasteiger partial charge in [-0.3, -0.25) is 14.3 Å². The smallest absolute Gasteiger partial charge is 0.259 e. The van der Waals surface area contributed by atoms with Crippen LogP contribution in [0.1, 0.15) is 39.1 Å². The van der Waals surface area contributed by atoms with E-state index in [0.717, 1.165) is 23.3 Å². The second-order valence-corrected chi connectivity index (χ2v) is 8.78. The van der Waals surface area contributed by atoms with E-state index in [9.17, 15) is 9.59 Å². The van der Waals surface area contributed by atoms with Gasteiger partial charge in [0, 0.05) is 23.5 Å². The molecular formula is C25H22N4O2S. The highest BCUT2D eigenvalue weighted by atomic mass is 32.1. The Morgan fingerprint density at radius 2 is 1.84 bits per heavy atom. The Labute approximate surface area is 189 Å². The van der Waals surface area contributed by atoms with E-state index in [1.54, 1.807) is 46.5 Å². The van der Waals surface area contributed by atoms with Crippen LogP contribution in [0.4, 0.5) is 5.69 Å². The van der Waals surface area contributed by atoms with Gasteiger partial charge in [0.1, 0.15) is 5.69 Å². The fourth-order valence-electron chi connectivity index (χ4n) is 3.47. The summed E-state index contributed by atoms with van der Waals surface area (Å²) in [6.45, 7) is 0.573. The summed E-state index contributed by atoms with van der Waals surface area (Å²) in [6.07, 6.45) is 3.84. The first-order valence-corrected chi connectivity index (χ1v) is 11.4. The van der Waals surface area contributed by atoms with E-state index in [1.165, 1.54) is 0 Å². The first-order valence-electron chi connectivity index (χ1n) is 10.5. The molecule has 2 N–H and O–H groups in total. The molecule has 6 nitrogen and oxygen atoms in total. The lowest BCUT2D eigenvalue weighted by molar-refractivity contribution is 0.0949. The summed E-state index contributed by atoms with van der Waals surface area (Å²) in [5.74, 6) is -0.369. The van der Waals surface area contributed by atoms with Crippen molar-refractivity contribution in [3.63, 3.8) is 0 Å². The van der Waals surface area contributed by atoms with Crippen LogP contribution >= 0.6 is 11.3 Å². The number of carbonyl (C=O) groups is 2. The van der Waals surface area contributed by atoms with Crippen molar-refractivity contribution in [2.24, 2.45) is 0 Å². The minimum atomic E-state index is -0.257. The Morgan fingerprint density at radius 3 is 2.59 bits per heavy atom. The van der Waals surface area contributed by atoms with Crippen LogP contribution in [0.3, 0.4) is 0 Å². The molecular weight excluding hydrogens is 420 g/mol. The summed E-state index contributed by atoms with van der Waals surface area (Å²) in [5, 5.41) is 12.6. The van der Waals surface area contributed by atoms with Crippen LogP contribution in [-0.4, -0.2) is 27.6 Å². The van der Waals surface area contributed by atoms with Crippen LogP contribution in [0.5, 0.6) is 0 Å².